The molecule has 4 saturated carbocycles. The molecule has 6 heteroatoms. The highest BCUT2D eigenvalue weighted by atomic mass is 19.1. The van der Waals surface area contributed by atoms with Gasteiger partial charge < -0.3 is 15.1 Å². The number of hydrogen-bond acceptors (Lipinski definition) is 3. The van der Waals surface area contributed by atoms with Crippen molar-refractivity contribution in [3.8, 4) is 0 Å². The topological polar surface area (TPSA) is 77.8 Å². The van der Waals surface area contributed by atoms with E-state index in [-0.39, 0.29) is 23.6 Å². The molecule has 1 amide bonds. The zero-order chi connectivity index (χ0) is 19.7. The van der Waals surface area contributed by atoms with E-state index >= 15 is 0 Å². The van der Waals surface area contributed by atoms with Crippen molar-refractivity contribution in [3.05, 3.63) is 35.6 Å². The van der Waals surface area contributed by atoms with Gasteiger partial charge in [-0.3, -0.25) is 9.59 Å². The zero-order valence-electron chi connectivity index (χ0n) is 15.8. The van der Waals surface area contributed by atoms with Gasteiger partial charge in [-0.1, -0.05) is 12.1 Å². The fourth-order valence-electron chi connectivity index (χ4n) is 7.00. The molecule has 2 N–H and O–H groups in total. The minimum Gasteiger partial charge on any atom is -0.481 e. The Hall–Kier alpha value is -1.95. The Bertz CT molecular complexity index is 800. The molecule has 0 aromatic heterocycles. The lowest BCUT2D eigenvalue weighted by Crippen LogP contribution is -2.63. The molecule has 4 aliphatic carbocycles. The summed E-state index contributed by atoms with van der Waals surface area (Å²) in [4.78, 5) is 26.8. The summed E-state index contributed by atoms with van der Waals surface area (Å²) < 4.78 is 13.6. The Morgan fingerprint density at radius 3 is 2.21 bits per heavy atom. The number of carbonyl (C=O) groups excluding carboxylic acids is 1. The summed E-state index contributed by atoms with van der Waals surface area (Å²) in [6.07, 6.45) is 3.71. The van der Waals surface area contributed by atoms with Crippen molar-refractivity contribution in [3.63, 3.8) is 0 Å². The summed E-state index contributed by atoms with van der Waals surface area (Å²) in [6.45, 7) is 0.741. The van der Waals surface area contributed by atoms with Crippen LogP contribution in [0.4, 0.5) is 4.39 Å². The van der Waals surface area contributed by atoms with Crippen molar-refractivity contribution < 1.29 is 24.2 Å². The van der Waals surface area contributed by atoms with E-state index in [2.05, 4.69) is 0 Å². The first-order chi connectivity index (χ1) is 13.3. The van der Waals surface area contributed by atoms with E-state index in [1.807, 2.05) is 0 Å². The number of β-amino-alcohol motifs (C(OH)–C–C–N with tert-alkyl or cyclic N) is 1. The maximum Gasteiger partial charge on any atom is 0.309 e. The lowest BCUT2D eigenvalue weighted by Gasteiger charge is -2.64. The second-order valence-electron chi connectivity index (χ2n) is 9.61. The second-order valence-corrected chi connectivity index (χ2v) is 9.61. The second kappa shape index (κ2) is 6.02. The zero-order valence-corrected chi connectivity index (χ0v) is 15.8. The van der Waals surface area contributed by atoms with Gasteiger partial charge in [0, 0.05) is 24.9 Å². The Morgan fingerprint density at radius 1 is 1.07 bits per heavy atom. The number of carboxylic acids is 1. The average Bonchev–Trinajstić information content (AvgIpc) is 2.62. The van der Waals surface area contributed by atoms with Crippen LogP contribution in [0.25, 0.3) is 0 Å². The number of likely N-dealkylation sites (tertiary alicyclic amines) is 1. The van der Waals surface area contributed by atoms with E-state index in [1.54, 1.807) is 17.0 Å². The number of hydrogen-bond donors (Lipinski definition) is 2. The van der Waals surface area contributed by atoms with Crippen LogP contribution in [0.5, 0.6) is 0 Å². The summed E-state index contributed by atoms with van der Waals surface area (Å²) in [5, 5.41) is 19.5. The van der Waals surface area contributed by atoms with Crippen molar-refractivity contribution in [2.24, 2.45) is 23.2 Å². The predicted octanol–water partition coefficient (Wildman–Crippen LogP) is 2.57. The molecule has 0 radical (unpaired) electrons. The lowest BCUT2D eigenvalue weighted by molar-refractivity contribution is -0.177. The quantitative estimate of drug-likeness (QED) is 0.832. The van der Waals surface area contributed by atoms with Crippen LogP contribution in [0.2, 0.25) is 0 Å². The van der Waals surface area contributed by atoms with Crippen LogP contribution in [0.15, 0.2) is 24.3 Å². The van der Waals surface area contributed by atoms with Gasteiger partial charge in [0.25, 0.3) is 0 Å². The maximum atomic E-state index is 13.6. The van der Waals surface area contributed by atoms with Crippen molar-refractivity contribution in [2.45, 2.75) is 50.0 Å². The van der Waals surface area contributed by atoms with Crippen LogP contribution in [-0.2, 0) is 15.0 Å². The molecule has 5 nitrogen and oxygen atoms in total. The molecule has 1 heterocycles. The summed E-state index contributed by atoms with van der Waals surface area (Å²) in [5.74, 6) is -0.334. The van der Waals surface area contributed by atoms with E-state index in [0.29, 0.717) is 38.3 Å². The van der Waals surface area contributed by atoms with Gasteiger partial charge in [-0.2, -0.15) is 0 Å². The van der Waals surface area contributed by atoms with Gasteiger partial charge in [0.1, 0.15) is 5.82 Å². The molecule has 0 spiro atoms. The third kappa shape index (κ3) is 2.46. The van der Waals surface area contributed by atoms with Gasteiger partial charge in [0.2, 0.25) is 5.91 Å². The van der Waals surface area contributed by atoms with Crippen LogP contribution in [-0.4, -0.2) is 46.2 Å². The fraction of sp³-hybridized carbons (Fsp3) is 0.636. The normalized spacial score (nSPS) is 39.1. The molecule has 5 aliphatic rings. The van der Waals surface area contributed by atoms with E-state index in [4.69, 9.17) is 0 Å². The predicted molar refractivity (Wildman–Crippen MR) is 98.9 cm³/mol. The highest BCUT2D eigenvalue weighted by Crippen LogP contribution is 2.68. The lowest BCUT2D eigenvalue weighted by atomic mass is 9.39. The van der Waals surface area contributed by atoms with E-state index < -0.39 is 22.9 Å². The number of nitrogens with zero attached hydrogens (tertiary/aromatic N) is 1. The van der Waals surface area contributed by atoms with E-state index in [0.717, 1.165) is 24.8 Å². The molecule has 28 heavy (non-hydrogen) atoms. The Morgan fingerprint density at radius 2 is 1.68 bits per heavy atom. The van der Waals surface area contributed by atoms with Crippen molar-refractivity contribution in [2.75, 3.05) is 13.1 Å². The summed E-state index contributed by atoms with van der Waals surface area (Å²) in [6, 6.07) is 6.49. The number of aliphatic hydroxyl groups is 1. The first kappa shape index (κ1) is 18.1. The number of carbonyl (C=O) groups is 2. The minimum atomic E-state index is -0.697. The van der Waals surface area contributed by atoms with Crippen LogP contribution in [0, 0.1) is 29.0 Å². The molecule has 4 bridgehead atoms. The third-order valence-electron chi connectivity index (χ3n) is 8.14. The van der Waals surface area contributed by atoms with Crippen molar-refractivity contribution in [1.29, 1.82) is 0 Å². The molecular weight excluding hydrogens is 361 g/mol. The van der Waals surface area contributed by atoms with Crippen LogP contribution in [0.3, 0.4) is 0 Å². The van der Waals surface area contributed by atoms with Gasteiger partial charge in [-0.15, -0.1) is 0 Å². The molecule has 2 unspecified atom stereocenters. The largest absolute Gasteiger partial charge is 0.481 e. The molecule has 2 atom stereocenters. The SMILES string of the molecule is O=C(CC1(c2ccc(F)cc2)C2CC3CC1CC(C(=O)O)(C3)C2)N1CC(O)C1. The van der Waals surface area contributed by atoms with Crippen molar-refractivity contribution in [1.82, 2.24) is 4.90 Å². The number of benzene rings is 1. The highest BCUT2D eigenvalue weighted by molar-refractivity contribution is 5.80. The first-order valence-corrected chi connectivity index (χ1v) is 10.3. The summed E-state index contributed by atoms with van der Waals surface area (Å²) in [5.41, 5.74) is -0.116. The molecule has 1 saturated heterocycles. The molecule has 5 fully saturated rings. The highest BCUT2D eigenvalue weighted by Gasteiger charge is 2.65. The monoisotopic (exact) mass is 387 g/mol. The standard InChI is InChI=1S/C22H26FNO4/c23-17-3-1-14(2-4-17)22(10-19(26)24-11-18(25)12-24)15-5-13-6-16(22)9-21(7-13,8-15)20(27)28/h1-4,13,15-16,18,25H,5-12H2,(H,27,28). The summed E-state index contributed by atoms with van der Waals surface area (Å²) in [7, 11) is 0. The molecule has 1 aromatic rings. The van der Waals surface area contributed by atoms with Crippen molar-refractivity contribution >= 4 is 11.9 Å². The third-order valence-corrected chi connectivity index (χ3v) is 8.14. The van der Waals surface area contributed by atoms with Gasteiger partial charge >= 0.3 is 5.97 Å². The minimum absolute atomic E-state index is 0.0199. The summed E-state index contributed by atoms with van der Waals surface area (Å²) >= 11 is 0. The Balaban J connectivity index is 1.55. The van der Waals surface area contributed by atoms with E-state index in [1.165, 1.54) is 12.1 Å². The molecule has 6 rings (SSSR count). The molecule has 150 valence electrons. The number of carboxylic acid groups (broad SMARTS) is 1. The molecule has 1 aromatic carbocycles. The van der Waals surface area contributed by atoms with E-state index in [9.17, 15) is 24.2 Å². The Kier molecular flexibility index (Phi) is 3.89. The number of aliphatic hydroxyl groups excluding tert-OH is 1. The maximum absolute atomic E-state index is 13.6. The van der Waals surface area contributed by atoms with Gasteiger partial charge in [0.05, 0.1) is 11.5 Å². The first-order valence-electron chi connectivity index (χ1n) is 10.3. The number of halogens is 1. The van der Waals surface area contributed by atoms with Gasteiger partial charge in [-0.25, -0.2) is 4.39 Å². The van der Waals surface area contributed by atoms with Crippen LogP contribution < -0.4 is 0 Å². The number of aliphatic carboxylic acids is 1. The smallest absolute Gasteiger partial charge is 0.309 e. The molecule has 1 aliphatic heterocycles. The van der Waals surface area contributed by atoms with Gasteiger partial charge in [0.15, 0.2) is 0 Å². The van der Waals surface area contributed by atoms with Crippen LogP contribution >= 0.6 is 0 Å². The molecular formula is C22H26FNO4. The van der Waals surface area contributed by atoms with Crippen LogP contribution in [0.1, 0.15) is 44.1 Å². The Labute approximate surface area is 163 Å². The van der Waals surface area contributed by atoms with Gasteiger partial charge in [-0.05, 0) is 67.6 Å². The number of amides is 1. The fourth-order valence-corrected chi connectivity index (χ4v) is 7.00. The average molecular weight is 387 g/mol. The number of rotatable bonds is 4.